The molecule has 1 aliphatic heterocycles. The number of rotatable bonds is 3. The van der Waals surface area contributed by atoms with Crippen molar-refractivity contribution in [2.45, 2.75) is 90.3 Å². The fraction of sp³-hybridized carbons (Fsp3) is 0.824. The highest BCUT2D eigenvalue weighted by molar-refractivity contribution is 6.74. The molecule has 0 radical (unpaired) electrons. The van der Waals surface area contributed by atoms with Gasteiger partial charge in [0.2, 0.25) is 0 Å². The Kier molecular flexibility index (Phi) is 6.38. The molecule has 0 unspecified atom stereocenters. The molecule has 1 rings (SSSR count). The maximum Gasteiger partial charge on any atom is 0.192 e. The first-order valence-electron chi connectivity index (χ1n) is 8.08. The third-order valence-corrected chi connectivity index (χ3v) is 9.20. The van der Waals surface area contributed by atoms with Crippen LogP contribution in [0.15, 0.2) is 12.2 Å². The zero-order chi connectivity index (χ0) is 16.3. The van der Waals surface area contributed by atoms with E-state index < -0.39 is 8.32 Å². The lowest BCUT2D eigenvalue weighted by Crippen LogP contribution is -2.48. The smallest absolute Gasteiger partial charge is 0.192 e. The number of ketones is 1. The Balaban J connectivity index is 2.90. The van der Waals surface area contributed by atoms with Crippen molar-refractivity contribution < 1.29 is 14.0 Å². The lowest BCUT2D eigenvalue weighted by Gasteiger charge is -2.41. The number of ether oxygens (including phenoxy) is 1. The minimum atomic E-state index is -1.90. The summed E-state index contributed by atoms with van der Waals surface area (Å²) >= 11 is 0. The zero-order valence-corrected chi connectivity index (χ0v) is 15.7. The second-order valence-electron chi connectivity index (χ2n) is 7.58. The van der Waals surface area contributed by atoms with Crippen LogP contribution >= 0.6 is 0 Å². The second-order valence-corrected chi connectivity index (χ2v) is 12.3. The van der Waals surface area contributed by atoms with Crippen molar-refractivity contribution in [1.29, 1.82) is 0 Å². The Hall–Kier alpha value is -0.453. The third-order valence-electron chi connectivity index (χ3n) is 4.69. The normalized spacial score (nSPS) is 30.4. The fourth-order valence-corrected chi connectivity index (χ4v) is 3.54. The average molecular weight is 313 g/mol. The van der Waals surface area contributed by atoms with E-state index in [4.69, 9.17) is 9.16 Å². The van der Waals surface area contributed by atoms with Crippen LogP contribution in [0.25, 0.3) is 0 Å². The van der Waals surface area contributed by atoms with Gasteiger partial charge in [-0.25, -0.2) is 0 Å². The molecule has 4 heteroatoms. The van der Waals surface area contributed by atoms with Crippen LogP contribution in [0, 0.1) is 0 Å². The van der Waals surface area contributed by atoms with Gasteiger partial charge in [-0.2, -0.15) is 0 Å². The zero-order valence-electron chi connectivity index (χ0n) is 14.7. The molecule has 1 heterocycles. The number of carbonyl (C=O) groups excluding carboxylic acids is 1. The highest BCUT2D eigenvalue weighted by Gasteiger charge is 2.41. The maximum atomic E-state index is 12.1. The summed E-state index contributed by atoms with van der Waals surface area (Å²) in [6.07, 6.45) is 5.71. The number of allylic oxidation sites excluding steroid dienone is 1. The van der Waals surface area contributed by atoms with Gasteiger partial charge in [-0.15, -0.1) is 0 Å². The van der Waals surface area contributed by atoms with Gasteiger partial charge in [0.15, 0.2) is 8.32 Å². The molecule has 0 N–H and O–H groups in total. The van der Waals surface area contributed by atoms with Gasteiger partial charge in [-0.1, -0.05) is 39.8 Å². The molecular formula is C17H32O3Si. The summed E-state index contributed by atoms with van der Waals surface area (Å²) in [7, 11) is -1.90. The summed E-state index contributed by atoms with van der Waals surface area (Å²) in [5.41, 5.74) is 0. The van der Waals surface area contributed by atoms with Gasteiger partial charge in [-0.3, -0.25) is 4.79 Å². The van der Waals surface area contributed by atoms with Crippen molar-refractivity contribution >= 4 is 14.1 Å². The largest absolute Gasteiger partial charge is 0.411 e. The van der Waals surface area contributed by atoms with Crippen molar-refractivity contribution in [1.82, 2.24) is 0 Å². The molecule has 0 saturated heterocycles. The molecule has 0 bridgehead atoms. The van der Waals surface area contributed by atoms with Gasteiger partial charge in [0, 0.05) is 12.8 Å². The van der Waals surface area contributed by atoms with Crippen molar-refractivity contribution in [3.63, 3.8) is 0 Å². The van der Waals surface area contributed by atoms with Crippen LogP contribution < -0.4 is 0 Å². The van der Waals surface area contributed by atoms with Crippen molar-refractivity contribution in [3.8, 4) is 0 Å². The van der Waals surface area contributed by atoms with Gasteiger partial charge in [-0.05, 0) is 31.5 Å². The van der Waals surface area contributed by atoms with Crippen LogP contribution in [-0.4, -0.2) is 32.4 Å². The lowest BCUT2D eigenvalue weighted by atomic mass is 10.1. The standard InChI is InChI=1S/C17H32O3Si/c1-8-15-11-9-10-14(18)12-16(13(2)19-15)20-21(6,7)17(3,4)5/h9,11,13,15-16H,8,10,12H2,1-7H3/b11-9-/t13-,15-,16+/m1/s1. The predicted octanol–water partition coefficient (Wildman–Crippen LogP) is 4.48. The summed E-state index contributed by atoms with van der Waals surface area (Å²) in [5, 5.41) is 0.136. The molecule has 0 aromatic rings. The van der Waals surface area contributed by atoms with Gasteiger partial charge >= 0.3 is 0 Å². The van der Waals surface area contributed by atoms with E-state index in [1.54, 1.807) is 0 Å². The average Bonchev–Trinajstić information content (AvgIpc) is 2.39. The van der Waals surface area contributed by atoms with Crippen molar-refractivity contribution in [2.75, 3.05) is 0 Å². The minimum Gasteiger partial charge on any atom is -0.411 e. The van der Waals surface area contributed by atoms with Crippen LogP contribution in [0.2, 0.25) is 18.1 Å². The lowest BCUT2D eigenvalue weighted by molar-refractivity contribution is -0.122. The number of hydrogen-bond acceptors (Lipinski definition) is 3. The number of Topliss-reactive ketones (excluding diaryl/α,β-unsaturated/α-hetero) is 1. The first-order chi connectivity index (χ1) is 9.56. The summed E-state index contributed by atoms with van der Waals surface area (Å²) in [6.45, 7) is 15.3. The fourth-order valence-electron chi connectivity index (χ4n) is 2.16. The third kappa shape index (κ3) is 5.35. The molecule has 0 fully saturated rings. The van der Waals surface area contributed by atoms with Gasteiger partial charge in [0.1, 0.15) is 5.78 Å². The van der Waals surface area contributed by atoms with E-state index in [9.17, 15) is 4.79 Å². The Morgan fingerprint density at radius 3 is 2.52 bits per heavy atom. The Labute approximate surface area is 131 Å². The van der Waals surface area contributed by atoms with Crippen molar-refractivity contribution in [2.24, 2.45) is 0 Å². The van der Waals surface area contributed by atoms with Crippen LogP contribution in [0.1, 0.15) is 53.9 Å². The quantitative estimate of drug-likeness (QED) is 0.569. The summed E-state index contributed by atoms with van der Waals surface area (Å²) in [4.78, 5) is 12.1. The molecule has 0 aliphatic carbocycles. The molecule has 0 aromatic heterocycles. The highest BCUT2D eigenvalue weighted by atomic mass is 28.4. The molecular weight excluding hydrogens is 280 g/mol. The van der Waals surface area contributed by atoms with Gasteiger partial charge in [0.05, 0.1) is 18.3 Å². The van der Waals surface area contributed by atoms with Crippen LogP contribution in [-0.2, 0) is 14.0 Å². The van der Waals surface area contributed by atoms with Gasteiger partial charge in [0.25, 0.3) is 0 Å². The number of carbonyl (C=O) groups is 1. The van der Waals surface area contributed by atoms with E-state index in [0.717, 1.165) is 6.42 Å². The predicted molar refractivity (Wildman–Crippen MR) is 90.1 cm³/mol. The van der Waals surface area contributed by atoms with E-state index in [0.29, 0.717) is 12.8 Å². The highest BCUT2D eigenvalue weighted by Crippen LogP contribution is 2.38. The molecule has 0 saturated carbocycles. The Morgan fingerprint density at radius 2 is 2.00 bits per heavy atom. The molecule has 0 aromatic carbocycles. The molecule has 1 aliphatic rings. The van der Waals surface area contributed by atoms with E-state index >= 15 is 0 Å². The number of hydrogen-bond donors (Lipinski definition) is 0. The molecule has 3 nitrogen and oxygen atoms in total. The summed E-state index contributed by atoms with van der Waals surface area (Å²) in [5.74, 6) is 0.238. The van der Waals surface area contributed by atoms with E-state index in [-0.39, 0.29) is 29.1 Å². The van der Waals surface area contributed by atoms with E-state index in [1.807, 2.05) is 19.1 Å². The van der Waals surface area contributed by atoms with Gasteiger partial charge < -0.3 is 9.16 Å². The first-order valence-corrected chi connectivity index (χ1v) is 11.0. The first kappa shape index (κ1) is 18.6. The molecule has 21 heavy (non-hydrogen) atoms. The minimum absolute atomic E-state index is 0.0595. The van der Waals surface area contributed by atoms with Crippen LogP contribution in [0.4, 0.5) is 0 Å². The monoisotopic (exact) mass is 312 g/mol. The molecule has 122 valence electrons. The van der Waals surface area contributed by atoms with E-state index in [1.165, 1.54) is 0 Å². The second kappa shape index (κ2) is 7.21. The maximum absolute atomic E-state index is 12.1. The summed E-state index contributed by atoms with van der Waals surface area (Å²) in [6, 6.07) is 0. The van der Waals surface area contributed by atoms with E-state index in [2.05, 4.69) is 40.8 Å². The molecule has 0 spiro atoms. The Morgan fingerprint density at radius 1 is 1.38 bits per heavy atom. The summed E-state index contributed by atoms with van der Waals surface area (Å²) < 4.78 is 12.6. The molecule has 3 atom stereocenters. The topological polar surface area (TPSA) is 35.5 Å². The van der Waals surface area contributed by atoms with Crippen LogP contribution in [0.5, 0.6) is 0 Å². The SMILES string of the molecule is CC[C@@H]1/C=C\CC(=O)C[C@H](O[Si](C)(C)C(C)(C)C)[C@@H](C)O1. The Bertz CT molecular complexity index is 382. The molecule has 0 amide bonds. The van der Waals surface area contributed by atoms with Crippen molar-refractivity contribution in [3.05, 3.63) is 12.2 Å². The van der Waals surface area contributed by atoms with Crippen LogP contribution in [0.3, 0.4) is 0 Å².